The van der Waals surface area contributed by atoms with Crippen LogP contribution in [-0.2, 0) is 10.5 Å². The number of nitrogens with two attached hydrogens (primary N) is 1. The van der Waals surface area contributed by atoms with Crippen LogP contribution in [0, 0.1) is 0 Å². The summed E-state index contributed by atoms with van der Waals surface area (Å²) in [4.78, 5) is 10.6. The Morgan fingerprint density at radius 1 is 1.44 bits per heavy atom. The lowest BCUT2D eigenvalue weighted by Gasteiger charge is -2.33. The lowest BCUT2D eigenvalue weighted by molar-refractivity contribution is -0.108. The summed E-state index contributed by atoms with van der Waals surface area (Å²) < 4.78 is 5.25. The van der Waals surface area contributed by atoms with Gasteiger partial charge in [0, 0.05) is 18.2 Å². The second-order valence-corrected chi connectivity index (χ2v) is 4.04. The van der Waals surface area contributed by atoms with Crippen LogP contribution in [0.2, 0.25) is 0 Å². The van der Waals surface area contributed by atoms with Crippen molar-refractivity contribution in [2.24, 2.45) is 5.73 Å². The molecule has 3 N–H and O–H groups in total. The molecule has 1 rings (SSSR count). The molecule has 1 aromatic carbocycles. The third-order valence-electron chi connectivity index (χ3n) is 2.89. The van der Waals surface area contributed by atoms with Crippen molar-refractivity contribution in [3.05, 3.63) is 35.4 Å². The average Bonchev–Trinajstić information content (AvgIpc) is 2.38. The Bertz CT molecular complexity index is 369. The summed E-state index contributed by atoms with van der Waals surface area (Å²) in [6.45, 7) is 1.97. The van der Waals surface area contributed by atoms with Gasteiger partial charge in [-0.3, -0.25) is 10.5 Å². The number of halogens is 1. The van der Waals surface area contributed by atoms with Crippen LogP contribution in [0.4, 0.5) is 0 Å². The molecule has 0 fully saturated rings. The normalized spacial score (nSPS) is 15.3. The van der Waals surface area contributed by atoms with Gasteiger partial charge in [-0.25, -0.2) is 0 Å². The van der Waals surface area contributed by atoms with Gasteiger partial charge in [-0.15, -0.1) is 12.4 Å². The Morgan fingerprint density at radius 2 is 2.00 bits per heavy atom. The number of rotatable bonds is 6. The highest BCUT2D eigenvalue weighted by Crippen LogP contribution is 2.26. The fourth-order valence-electron chi connectivity index (χ4n) is 1.76. The number of carbonyl (C=O) groups excluding carboxylic acids is 1. The standard InChI is InChI=1S/C13H19NO3.ClH/c1-3-4-12(16)13(14,17-2)11-7-5-10(9-15)6-8-11;/h5-9,12,16H,3-4,14H2,1-2H3;1H/t12-,13-;/m1./s1. The van der Waals surface area contributed by atoms with E-state index < -0.39 is 11.8 Å². The second kappa shape index (κ2) is 7.48. The summed E-state index contributed by atoms with van der Waals surface area (Å²) in [7, 11) is 1.46. The molecule has 0 unspecified atom stereocenters. The van der Waals surface area contributed by atoms with Crippen molar-refractivity contribution in [2.75, 3.05) is 7.11 Å². The molecular formula is C13H20ClNO3. The van der Waals surface area contributed by atoms with Crippen LogP contribution < -0.4 is 5.73 Å². The Kier molecular flexibility index (Phi) is 7.09. The number of hydrogen-bond acceptors (Lipinski definition) is 4. The molecule has 5 heteroatoms. The van der Waals surface area contributed by atoms with Crippen LogP contribution in [0.25, 0.3) is 0 Å². The number of methoxy groups -OCH3 is 1. The smallest absolute Gasteiger partial charge is 0.168 e. The first-order valence-corrected chi connectivity index (χ1v) is 5.66. The highest BCUT2D eigenvalue weighted by molar-refractivity contribution is 5.85. The van der Waals surface area contributed by atoms with Gasteiger partial charge in [0.05, 0.1) is 0 Å². The summed E-state index contributed by atoms with van der Waals surface area (Å²) in [5.74, 6) is 0. The lowest BCUT2D eigenvalue weighted by atomic mass is 9.94. The summed E-state index contributed by atoms with van der Waals surface area (Å²) >= 11 is 0. The number of carbonyl (C=O) groups is 1. The van der Waals surface area contributed by atoms with E-state index in [9.17, 15) is 9.90 Å². The molecule has 0 spiro atoms. The Balaban J connectivity index is 0.00000289. The van der Waals surface area contributed by atoms with Gasteiger partial charge in [0.2, 0.25) is 0 Å². The van der Waals surface area contributed by atoms with Crippen LogP contribution in [-0.4, -0.2) is 24.6 Å². The first-order chi connectivity index (χ1) is 8.08. The van der Waals surface area contributed by atoms with E-state index in [1.165, 1.54) is 7.11 Å². The molecular weight excluding hydrogens is 254 g/mol. The largest absolute Gasteiger partial charge is 0.388 e. The molecule has 0 aliphatic rings. The molecule has 0 saturated heterocycles. The van der Waals surface area contributed by atoms with Gasteiger partial charge in [-0.2, -0.15) is 0 Å². The first kappa shape index (κ1) is 17.1. The quantitative estimate of drug-likeness (QED) is 0.613. The molecule has 2 atom stereocenters. The van der Waals surface area contributed by atoms with Crippen molar-refractivity contribution >= 4 is 18.7 Å². The van der Waals surface area contributed by atoms with Gasteiger partial charge in [-0.05, 0) is 6.42 Å². The molecule has 0 aliphatic carbocycles. The van der Waals surface area contributed by atoms with Gasteiger partial charge in [0.15, 0.2) is 5.72 Å². The van der Waals surface area contributed by atoms with Crippen molar-refractivity contribution in [2.45, 2.75) is 31.6 Å². The van der Waals surface area contributed by atoms with Crippen LogP contribution in [0.15, 0.2) is 24.3 Å². The van der Waals surface area contributed by atoms with E-state index in [0.29, 0.717) is 17.5 Å². The summed E-state index contributed by atoms with van der Waals surface area (Å²) in [5, 5.41) is 10.0. The fraction of sp³-hybridized carbons (Fsp3) is 0.462. The molecule has 0 bridgehead atoms. The van der Waals surface area contributed by atoms with Crippen molar-refractivity contribution in [1.82, 2.24) is 0 Å². The van der Waals surface area contributed by atoms with Gasteiger partial charge in [0.25, 0.3) is 0 Å². The summed E-state index contributed by atoms with van der Waals surface area (Å²) in [6, 6.07) is 6.71. The topological polar surface area (TPSA) is 72.6 Å². The SMILES string of the molecule is CCC[C@@H](O)[C@](N)(OC)c1ccc(C=O)cc1.Cl. The number of ether oxygens (including phenoxy) is 1. The lowest BCUT2D eigenvalue weighted by Crippen LogP contribution is -2.49. The van der Waals surface area contributed by atoms with E-state index in [-0.39, 0.29) is 12.4 Å². The molecule has 0 aromatic heterocycles. The Labute approximate surface area is 114 Å². The number of aliphatic hydroxyl groups is 1. The second-order valence-electron chi connectivity index (χ2n) is 4.04. The first-order valence-electron chi connectivity index (χ1n) is 5.66. The van der Waals surface area contributed by atoms with Crippen molar-refractivity contribution < 1.29 is 14.6 Å². The zero-order valence-corrected chi connectivity index (χ0v) is 11.4. The fourth-order valence-corrected chi connectivity index (χ4v) is 1.76. The van der Waals surface area contributed by atoms with Crippen molar-refractivity contribution in [1.29, 1.82) is 0 Å². The zero-order chi connectivity index (χ0) is 12.9. The van der Waals surface area contributed by atoms with Crippen LogP contribution in [0.5, 0.6) is 0 Å². The van der Waals surface area contributed by atoms with E-state index in [0.717, 1.165) is 12.7 Å². The number of aliphatic hydroxyl groups excluding tert-OH is 1. The number of aldehydes is 1. The van der Waals surface area contributed by atoms with E-state index in [4.69, 9.17) is 10.5 Å². The summed E-state index contributed by atoms with van der Waals surface area (Å²) in [6.07, 6.45) is 1.35. The predicted molar refractivity (Wildman–Crippen MR) is 72.9 cm³/mol. The zero-order valence-electron chi connectivity index (χ0n) is 10.6. The third kappa shape index (κ3) is 3.53. The molecule has 0 aliphatic heterocycles. The highest BCUT2D eigenvalue weighted by Gasteiger charge is 2.35. The molecule has 0 amide bonds. The van der Waals surface area contributed by atoms with Crippen LogP contribution in [0.3, 0.4) is 0 Å². The minimum Gasteiger partial charge on any atom is -0.388 e. The van der Waals surface area contributed by atoms with Crippen LogP contribution in [0.1, 0.15) is 35.7 Å². The van der Waals surface area contributed by atoms with E-state index in [1.807, 2.05) is 6.92 Å². The van der Waals surface area contributed by atoms with Gasteiger partial charge in [-0.1, -0.05) is 37.6 Å². The Hall–Kier alpha value is -0.940. The third-order valence-corrected chi connectivity index (χ3v) is 2.89. The van der Waals surface area contributed by atoms with Crippen molar-refractivity contribution in [3.8, 4) is 0 Å². The van der Waals surface area contributed by atoms with E-state index >= 15 is 0 Å². The van der Waals surface area contributed by atoms with E-state index in [2.05, 4.69) is 0 Å². The number of benzene rings is 1. The molecule has 4 nitrogen and oxygen atoms in total. The molecule has 18 heavy (non-hydrogen) atoms. The minimum absolute atomic E-state index is 0. The molecule has 0 saturated carbocycles. The molecule has 0 radical (unpaired) electrons. The highest BCUT2D eigenvalue weighted by atomic mass is 35.5. The number of hydrogen-bond donors (Lipinski definition) is 2. The maximum absolute atomic E-state index is 10.6. The van der Waals surface area contributed by atoms with E-state index in [1.54, 1.807) is 24.3 Å². The van der Waals surface area contributed by atoms with Crippen molar-refractivity contribution in [3.63, 3.8) is 0 Å². The van der Waals surface area contributed by atoms with Gasteiger partial charge < -0.3 is 9.84 Å². The maximum atomic E-state index is 10.6. The van der Waals surface area contributed by atoms with Crippen LogP contribution >= 0.6 is 12.4 Å². The maximum Gasteiger partial charge on any atom is 0.168 e. The van der Waals surface area contributed by atoms with Gasteiger partial charge in [0.1, 0.15) is 12.4 Å². The molecule has 1 aromatic rings. The summed E-state index contributed by atoms with van der Waals surface area (Å²) in [5.41, 5.74) is 6.08. The average molecular weight is 274 g/mol. The van der Waals surface area contributed by atoms with Gasteiger partial charge >= 0.3 is 0 Å². The monoisotopic (exact) mass is 273 g/mol. The Morgan fingerprint density at radius 3 is 2.39 bits per heavy atom. The predicted octanol–water partition coefficient (Wildman–Crippen LogP) is 1.84. The minimum atomic E-state index is -1.22. The molecule has 102 valence electrons. The molecule has 0 heterocycles.